The second-order valence-electron chi connectivity index (χ2n) is 4.13. The van der Waals surface area contributed by atoms with Crippen molar-refractivity contribution in [1.29, 1.82) is 0 Å². The molecule has 1 rings (SSSR count). The summed E-state index contributed by atoms with van der Waals surface area (Å²) in [6.45, 7) is 4.43. The van der Waals surface area contributed by atoms with Crippen LogP contribution in [-0.4, -0.2) is 51.6 Å². The first kappa shape index (κ1) is 17.7. The lowest BCUT2D eigenvalue weighted by Gasteiger charge is -2.12. The molecular formula is C12H23N3O4. The maximum atomic E-state index is 11.1. The Morgan fingerprint density at radius 3 is 2.37 bits per heavy atom. The predicted octanol–water partition coefficient (Wildman–Crippen LogP) is 0.147. The van der Waals surface area contributed by atoms with Gasteiger partial charge in [0.1, 0.15) is 6.10 Å². The molecule has 0 amide bonds. The maximum absolute atomic E-state index is 11.1. The fourth-order valence-electron chi connectivity index (χ4n) is 1.22. The van der Waals surface area contributed by atoms with E-state index in [0.717, 1.165) is 25.8 Å². The molecule has 0 aromatic carbocycles. The topological polar surface area (TPSA) is 108 Å². The minimum absolute atomic E-state index is 0.135. The monoisotopic (exact) mass is 273 g/mol. The van der Waals surface area contributed by atoms with Gasteiger partial charge in [-0.3, -0.25) is 4.79 Å². The number of nitrogens with one attached hydrogen (secondary N) is 1. The van der Waals surface area contributed by atoms with Crippen LogP contribution in [-0.2, 0) is 4.79 Å². The van der Waals surface area contributed by atoms with Gasteiger partial charge in [-0.1, -0.05) is 30.1 Å². The molecule has 7 heteroatoms. The van der Waals surface area contributed by atoms with Crippen LogP contribution in [0.5, 0.6) is 0 Å². The molecule has 0 radical (unpaired) electrons. The highest BCUT2D eigenvalue weighted by molar-refractivity contribution is 5.85. The normalized spacial score (nSPS) is 13.3. The van der Waals surface area contributed by atoms with Crippen LogP contribution in [0.3, 0.4) is 0 Å². The number of unbranched alkanes of at least 4 members (excludes halogenated alkanes) is 2. The molecule has 0 aliphatic carbocycles. The number of Topliss-reactive ketones (excluding diaryl/α,β-unsaturated/α-hetero) is 1. The molecule has 0 aliphatic rings. The number of carbonyl (C=O) groups is 1. The highest BCUT2D eigenvalue weighted by Gasteiger charge is 2.19. The van der Waals surface area contributed by atoms with E-state index < -0.39 is 12.2 Å². The Labute approximate surface area is 113 Å². The first-order valence-corrected chi connectivity index (χ1v) is 6.40. The van der Waals surface area contributed by atoms with Gasteiger partial charge in [0.15, 0.2) is 5.78 Å². The van der Waals surface area contributed by atoms with E-state index >= 15 is 0 Å². The van der Waals surface area contributed by atoms with E-state index in [1.165, 1.54) is 19.3 Å². The number of aliphatic hydroxyl groups excluding tert-OH is 2. The van der Waals surface area contributed by atoms with Gasteiger partial charge in [0.25, 0.3) is 0 Å². The number of aromatic nitrogens is 2. The zero-order chi connectivity index (χ0) is 14.5. The number of hydrogen-bond acceptors (Lipinski definition) is 7. The third-order valence-electron chi connectivity index (χ3n) is 2.33. The fraction of sp³-hybridized carbons (Fsp3) is 0.750. The largest absolute Gasteiger partial charge is 0.390 e. The molecule has 0 saturated carbocycles. The first-order valence-electron chi connectivity index (χ1n) is 6.40. The Bertz CT molecular complexity index is 287. The Hall–Kier alpha value is -1.31. The summed E-state index contributed by atoms with van der Waals surface area (Å²) >= 11 is 0. The Morgan fingerprint density at radius 2 is 1.95 bits per heavy atom. The van der Waals surface area contributed by atoms with Gasteiger partial charge in [0, 0.05) is 0 Å². The molecule has 0 saturated heterocycles. The average molecular weight is 273 g/mol. The quantitative estimate of drug-likeness (QED) is 0.578. The Balaban J connectivity index is 0.000000532. The van der Waals surface area contributed by atoms with Crippen molar-refractivity contribution in [1.82, 2.24) is 15.6 Å². The van der Waals surface area contributed by atoms with Gasteiger partial charge in [-0.05, 0) is 19.9 Å². The van der Waals surface area contributed by atoms with E-state index in [0.29, 0.717) is 0 Å². The number of rotatable bonds is 8. The van der Waals surface area contributed by atoms with E-state index in [2.05, 4.69) is 27.2 Å². The van der Waals surface area contributed by atoms with Crippen molar-refractivity contribution >= 4 is 5.78 Å². The predicted molar refractivity (Wildman–Crippen MR) is 69.4 cm³/mol. The summed E-state index contributed by atoms with van der Waals surface area (Å²) in [7, 11) is 0. The van der Waals surface area contributed by atoms with E-state index in [4.69, 9.17) is 10.2 Å². The van der Waals surface area contributed by atoms with Gasteiger partial charge < -0.3 is 15.5 Å². The fourth-order valence-corrected chi connectivity index (χ4v) is 1.22. The van der Waals surface area contributed by atoms with Gasteiger partial charge in [-0.2, -0.15) is 0 Å². The summed E-state index contributed by atoms with van der Waals surface area (Å²) in [5.41, 5.74) is 0. The smallest absolute Gasteiger partial charge is 0.177 e. The van der Waals surface area contributed by atoms with Crippen LogP contribution in [0.4, 0.5) is 0 Å². The average Bonchev–Trinajstić information content (AvgIpc) is 2.96. The lowest BCUT2D eigenvalue weighted by molar-refractivity contribution is -0.131. The van der Waals surface area contributed by atoms with Crippen LogP contribution in [0, 0.1) is 0 Å². The van der Waals surface area contributed by atoms with Crippen molar-refractivity contribution < 1.29 is 19.6 Å². The van der Waals surface area contributed by atoms with Crippen molar-refractivity contribution in [2.24, 2.45) is 0 Å². The van der Waals surface area contributed by atoms with Gasteiger partial charge in [0.2, 0.25) is 0 Å². The molecule has 1 heterocycles. The highest BCUT2D eigenvalue weighted by Crippen LogP contribution is 1.94. The van der Waals surface area contributed by atoms with E-state index in [1.807, 2.05) is 0 Å². The molecule has 19 heavy (non-hydrogen) atoms. The van der Waals surface area contributed by atoms with Crippen LogP contribution < -0.4 is 5.32 Å². The van der Waals surface area contributed by atoms with Crippen molar-refractivity contribution in [3.8, 4) is 0 Å². The summed E-state index contributed by atoms with van der Waals surface area (Å²) in [5, 5.41) is 27.5. The molecule has 2 atom stereocenters. The van der Waals surface area contributed by atoms with Crippen LogP contribution in [0.2, 0.25) is 0 Å². The zero-order valence-corrected chi connectivity index (χ0v) is 11.5. The molecular weight excluding hydrogens is 250 g/mol. The van der Waals surface area contributed by atoms with Crippen LogP contribution in [0.15, 0.2) is 17.0 Å². The molecule has 0 fully saturated rings. The number of ketones is 1. The third kappa shape index (κ3) is 10.3. The second-order valence-corrected chi connectivity index (χ2v) is 4.13. The van der Waals surface area contributed by atoms with E-state index in [9.17, 15) is 4.79 Å². The SMILES string of the molecule is CCCCCNCC(=O)C(O)C(C)O.c1cnon1. The van der Waals surface area contributed by atoms with Gasteiger partial charge in [0.05, 0.1) is 25.0 Å². The number of nitrogens with zero attached hydrogens (tertiary/aromatic N) is 2. The molecule has 0 aliphatic heterocycles. The molecule has 110 valence electrons. The summed E-state index contributed by atoms with van der Waals surface area (Å²) in [6, 6.07) is 0. The Morgan fingerprint density at radius 1 is 1.32 bits per heavy atom. The summed E-state index contributed by atoms with van der Waals surface area (Å²) in [5.74, 6) is -0.350. The second kappa shape index (κ2) is 11.8. The molecule has 3 N–H and O–H groups in total. The molecule has 7 nitrogen and oxygen atoms in total. The van der Waals surface area contributed by atoms with Crippen LogP contribution in [0.1, 0.15) is 33.1 Å². The Kier molecular flexibility index (Phi) is 11.0. The van der Waals surface area contributed by atoms with E-state index in [-0.39, 0.29) is 12.3 Å². The van der Waals surface area contributed by atoms with Gasteiger partial charge in [-0.15, -0.1) is 0 Å². The van der Waals surface area contributed by atoms with Gasteiger partial charge >= 0.3 is 0 Å². The lowest BCUT2D eigenvalue weighted by atomic mass is 10.1. The van der Waals surface area contributed by atoms with Crippen molar-refractivity contribution in [3.05, 3.63) is 12.4 Å². The molecule has 0 bridgehead atoms. The molecule has 1 aromatic heterocycles. The van der Waals surface area contributed by atoms with Gasteiger partial charge in [-0.25, -0.2) is 4.63 Å². The van der Waals surface area contributed by atoms with Crippen LogP contribution >= 0.6 is 0 Å². The molecule has 2 unspecified atom stereocenters. The summed E-state index contributed by atoms with van der Waals surface area (Å²) < 4.78 is 4.08. The summed E-state index contributed by atoms with van der Waals surface area (Å²) in [4.78, 5) is 11.1. The number of aliphatic hydroxyl groups is 2. The number of carbonyl (C=O) groups excluding carboxylic acids is 1. The van der Waals surface area contributed by atoms with Crippen molar-refractivity contribution in [2.45, 2.75) is 45.3 Å². The van der Waals surface area contributed by atoms with E-state index in [1.54, 1.807) is 0 Å². The summed E-state index contributed by atoms with van der Waals surface area (Å²) in [6.07, 6.45) is 4.02. The third-order valence-corrected chi connectivity index (χ3v) is 2.33. The minimum Gasteiger partial charge on any atom is -0.390 e. The molecule has 1 aromatic rings. The van der Waals surface area contributed by atoms with Crippen molar-refractivity contribution in [3.63, 3.8) is 0 Å². The molecule has 0 spiro atoms. The standard InChI is InChI=1S/C10H21NO3.C2H2N2O/c1-3-4-5-6-11-7-9(13)10(14)8(2)12;1-2-4-5-3-1/h8,10-12,14H,3-7H2,1-2H3;1-2H. The number of hydrogen-bond donors (Lipinski definition) is 3. The first-order chi connectivity index (χ1) is 9.09. The highest BCUT2D eigenvalue weighted by atomic mass is 16.6. The minimum atomic E-state index is -1.26. The lowest BCUT2D eigenvalue weighted by Crippen LogP contribution is -2.38. The maximum Gasteiger partial charge on any atom is 0.177 e. The van der Waals surface area contributed by atoms with Crippen LogP contribution in [0.25, 0.3) is 0 Å². The van der Waals surface area contributed by atoms with Crippen molar-refractivity contribution in [2.75, 3.05) is 13.1 Å². The zero-order valence-electron chi connectivity index (χ0n) is 11.5.